The van der Waals surface area contributed by atoms with Crippen LogP contribution >= 0.6 is 0 Å². The number of hydrogen-bond acceptors (Lipinski definition) is 4. The van der Waals surface area contributed by atoms with Gasteiger partial charge in [0, 0.05) is 18.2 Å². The molecule has 1 aliphatic heterocycles. The molecule has 2 aromatic rings. The van der Waals surface area contributed by atoms with Gasteiger partial charge < -0.3 is 4.74 Å². The number of carbonyl (C=O) groups is 1. The van der Waals surface area contributed by atoms with Gasteiger partial charge in [0.25, 0.3) is 10.0 Å². The summed E-state index contributed by atoms with van der Waals surface area (Å²) in [6.07, 6.45) is 0. The maximum Gasteiger partial charge on any atom is 0.265 e. The van der Waals surface area contributed by atoms with Crippen LogP contribution < -0.4 is 0 Å². The van der Waals surface area contributed by atoms with Gasteiger partial charge in [-0.2, -0.15) is 0 Å². The van der Waals surface area contributed by atoms with E-state index in [0.29, 0.717) is 23.5 Å². The first-order valence-electron chi connectivity index (χ1n) is 7.53. The van der Waals surface area contributed by atoms with Gasteiger partial charge in [0.15, 0.2) is 5.76 Å². The van der Waals surface area contributed by atoms with Crippen LogP contribution in [0.15, 0.2) is 65.2 Å². The second-order valence-electron chi connectivity index (χ2n) is 5.27. The van der Waals surface area contributed by atoms with Crippen LogP contribution in [0.2, 0.25) is 0 Å². The molecule has 3 rings (SSSR count). The standard InChI is InChI=1S/C18H17NO4S/c1-3-23-18-14-11-7-8-12-15(14)24(21,22)19(2)16(18)17(20)13-9-5-4-6-10-13/h4-12H,3H2,1-2H3. The minimum atomic E-state index is -3.80. The normalized spacial score (nSPS) is 15.8. The Hall–Kier alpha value is -2.60. The van der Waals surface area contributed by atoms with Crippen molar-refractivity contribution in [2.45, 2.75) is 11.8 Å². The van der Waals surface area contributed by atoms with Crippen LogP contribution in [0.4, 0.5) is 0 Å². The Morgan fingerprint density at radius 3 is 2.33 bits per heavy atom. The zero-order valence-corrected chi connectivity index (χ0v) is 14.2. The predicted molar refractivity (Wildman–Crippen MR) is 90.7 cm³/mol. The molecule has 0 amide bonds. The zero-order chi connectivity index (χ0) is 17.3. The average Bonchev–Trinajstić information content (AvgIpc) is 2.60. The van der Waals surface area contributed by atoms with Crippen molar-refractivity contribution in [3.8, 4) is 0 Å². The van der Waals surface area contributed by atoms with Crippen molar-refractivity contribution in [1.29, 1.82) is 0 Å². The second kappa shape index (κ2) is 6.13. The first-order chi connectivity index (χ1) is 11.5. The van der Waals surface area contributed by atoms with Crippen molar-refractivity contribution in [3.05, 3.63) is 71.4 Å². The van der Waals surface area contributed by atoms with Gasteiger partial charge in [0.05, 0.1) is 11.5 Å². The number of carbonyl (C=O) groups excluding carboxylic acids is 1. The fourth-order valence-electron chi connectivity index (χ4n) is 2.68. The fraction of sp³-hybridized carbons (Fsp3) is 0.167. The van der Waals surface area contributed by atoms with E-state index >= 15 is 0 Å². The van der Waals surface area contributed by atoms with E-state index in [1.165, 1.54) is 13.1 Å². The quantitative estimate of drug-likeness (QED) is 0.801. The number of hydrogen-bond donors (Lipinski definition) is 0. The van der Waals surface area contributed by atoms with E-state index < -0.39 is 10.0 Å². The largest absolute Gasteiger partial charge is 0.491 e. The van der Waals surface area contributed by atoms with Crippen molar-refractivity contribution in [3.63, 3.8) is 0 Å². The van der Waals surface area contributed by atoms with Crippen molar-refractivity contribution >= 4 is 21.6 Å². The number of ether oxygens (including phenoxy) is 1. The summed E-state index contributed by atoms with van der Waals surface area (Å²) in [6, 6.07) is 15.1. The maximum atomic E-state index is 12.9. The van der Waals surface area contributed by atoms with Crippen molar-refractivity contribution in [2.75, 3.05) is 13.7 Å². The molecule has 5 nitrogen and oxygen atoms in total. The summed E-state index contributed by atoms with van der Waals surface area (Å²) < 4.78 is 32.3. The zero-order valence-electron chi connectivity index (χ0n) is 13.4. The summed E-state index contributed by atoms with van der Waals surface area (Å²) in [4.78, 5) is 13.1. The van der Waals surface area contributed by atoms with Crippen LogP contribution in [0.25, 0.3) is 5.76 Å². The maximum absolute atomic E-state index is 12.9. The molecule has 0 atom stereocenters. The molecule has 6 heteroatoms. The summed E-state index contributed by atoms with van der Waals surface area (Å²) in [5, 5.41) is 0. The van der Waals surface area contributed by atoms with Gasteiger partial charge in [-0.15, -0.1) is 0 Å². The molecule has 0 aromatic heterocycles. The van der Waals surface area contributed by atoms with Gasteiger partial charge in [-0.1, -0.05) is 42.5 Å². The molecule has 0 saturated heterocycles. The number of nitrogens with zero attached hydrogens (tertiary/aromatic N) is 1. The summed E-state index contributed by atoms with van der Waals surface area (Å²) in [7, 11) is -2.42. The van der Waals surface area contributed by atoms with Crippen LogP contribution in [0.3, 0.4) is 0 Å². The minimum Gasteiger partial charge on any atom is -0.491 e. The number of sulfonamides is 1. The molecule has 0 spiro atoms. The van der Waals surface area contributed by atoms with E-state index in [-0.39, 0.29) is 16.4 Å². The van der Waals surface area contributed by atoms with E-state index in [0.717, 1.165) is 4.31 Å². The molecular formula is C18H17NO4S. The number of ketones is 1. The second-order valence-corrected chi connectivity index (χ2v) is 7.21. The fourth-order valence-corrected chi connectivity index (χ4v) is 4.07. The lowest BCUT2D eigenvalue weighted by atomic mass is 10.0. The number of likely N-dealkylation sites (N-methyl/N-ethyl adjacent to an activating group) is 1. The van der Waals surface area contributed by atoms with E-state index in [4.69, 9.17) is 4.74 Å². The lowest BCUT2D eigenvalue weighted by Gasteiger charge is -2.30. The topological polar surface area (TPSA) is 63.7 Å². The van der Waals surface area contributed by atoms with Crippen LogP contribution in [-0.2, 0) is 14.8 Å². The number of Topliss-reactive ketones (excluding diaryl/α,β-unsaturated/α-hetero) is 1. The van der Waals surface area contributed by atoms with Crippen LogP contribution in [0.1, 0.15) is 22.8 Å². The van der Waals surface area contributed by atoms with Crippen LogP contribution in [0, 0.1) is 0 Å². The highest BCUT2D eigenvalue weighted by Crippen LogP contribution is 2.37. The molecule has 0 radical (unpaired) electrons. The smallest absolute Gasteiger partial charge is 0.265 e. The van der Waals surface area contributed by atoms with Gasteiger partial charge in [0.2, 0.25) is 5.78 Å². The highest BCUT2D eigenvalue weighted by Gasteiger charge is 2.38. The molecule has 124 valence electrons. The van der Waals surface area contributed by atoms with E-state index in [1.807, 2.05) is 0 Å². The molecule has 0 unspecified atom stereocenters. The summed E-state index contributed by atoms with van der Waals surface area (Å²) in [5.41, 5.74) is 0.851. The first-order valence-corrected chi connectivity index (χ1v) is 8.97. The third kappa shape index (κ3) is 2.49. The first kappa shape index (κ1) is 16.3. The van der Waals surface area contributed by atoms with E-state index in [2.05, 4.69) is 0 Å². The van der Waals surface area contributed by atoms with Crippen molar-refractivity contribution in [1.82, 2.24) is 4.31 Å². The predicted octanol–water partition coefficient (Wildman–Crippen LogP) is 2.91. The van der Waals surface area contributed by atoms with Gasteiger partial charge in [-0.25, -0.2) is 8.42 Å². The molecule has 0 saturated carbocycles. The third-order valence-corrected chi connectivity index (χ3v) is 5.66. The average molecular weight is 343 g/mol. The van der Waals surface area contributed by atoms with Crippen molar-refractivity contribution in [2.24, 2.45) is 0 Å². The summed E-state index contributed by atoms with van der Waals surface area (Å²) >= 11 is 0. The minimum absolute atomic E-state index is 0.0294. The van der Waals surface area contributed by atoms with Crippen LogP contribution in [0.5, 0.6) is 0 Å². The third-order valence-electron chi connectivity index (χ3n) is 3.84. The number of rotatable bonds is 4. The van der Waals surface area contributed by atoms with Crippen molar-refractivity contribution < 1.29 is 17.9 Å². The molecule has 1 aliphatic rings. The monoisotopic (exact) mass is 343 g/mol. The van der Waals surface area contributed by atoms with Crippen LogP contribution in [-0.4, -0.2) is 32.2 Å². The Kier molecular flexibility index (Phi) is 4.15. The lowest BCUT2D eigenvalue weighted by Crippen LogP contribution is -2.35. The van der Waals surface area contributed by atoms with Gasteiger partial charge >= 0.3 is 0 Å². The lowest BCUT2D eigenvalue weighted by molar-refractivity contribution is 0.101. The molecule has 1 heterocycles. The molecular weight excluding hydrogens is 326 g/mol. The van der Waals surface area contributed by atoms with E-state index in [9.17, 15) is 13.2 Å². The number of allylic oxidation sites excluding steroid dienone is 1. The Morgan fingerprint density at radius 1 is 1.04 bits per heavy atom. The van der Waals surface area contributed by atoms with Gasteiger partial charge in [-0.3, -0.25) is 9.10 Å². The highest BCUT2D eigenvalue weighted by atomic mass is 32.2. The molecule has 2 aromatic carbocycles. The SMILES string of the molecule is CCOC1=C(C(=O)c2ccccc2)N(C)S(=O)(=O)c2ccccc21. The van der Waals surface area contributed by atoms with Gasteiger partial charge in [0.1, 0.15) is 5.70 Å². The Labute approximate surface area is 141 Å². The Morgan fingerprint density at radius 2 is 1.67 bits per heavy atom. The molecule has 0 aliphatic carbocycles. The highest BCUT2D eigenvalue weighted by molar-refractivity contribution is 7.89. The Bertz CT molecular complexity index is 917. The molecule has 24 heavy (non-hydrogen) atoms. The number of benzene rings is 2. The molecule has 0 fully saturated rings. The van der Waals surface area contributed by atoms with Gasteiger partial charge in [-0.05, 0) is 19.1 Å². The summed E-state index contributed by atoms with van der Waals surface area (Å²) in [6.45, 7) is 2.12. The molecule has 0 bridgehead atoms. The Balaban J connectivity index is 2.29. The van der Waals surface area contributed by atoms with E-state index in [1.54, 1.807) is 55.5 Å². The number of fused-ring (bicyclic) bond motifs is 1. The molecule has 0 N–H and O–H groups in total. The summed E-state index contributed by atoms with van der Waals surface area (Å²) in [5.74, 6) is -0.0982.